The Morgan fingerprint density at radius 2 is 1.97 bits per heavy atom. The molecule has 4 rings (SSSR count). The van der Waals surface area contributed by atoms with Crippen molar-refractivity contribution in [2.45, 2.75) is 32.7 Å². The number of nitrogens with zero attached hydrogens (tertiary/aromatic N) is 5. The van der Waals surface area contributed by atoms with Gasteiger partial charge < -0.3 is 15.0 Å². The van der Waals surface area contributed by atoms with Gasteiger partial charge in [-0.05, 0) is 55.7 Å². The lowest BCUT2D eigenvalue weighted by Gasteiger charge is -2.22. The van der Waals surface area contributed by atoms with E-state index >= 15 is 0 Å². The monoisotopic (exact) mass is 546 g/mol. The number of rotatable bonds is 5. The van der Waals surface area contributed by atoms with Gasteiger partial charge in [-0.2, -0.15) is 5.10 Å². The fraction of sp³-hybridized carbons (Fsp3) is 0.375. The van der Waals surface area contributed by atoms with Crippen LogP contribution < -0.4 is 10.1 Å². The van der Waals surface area contributed by atoms with Gasteiger partial charge in [0.25, 0.3) is 0 Å². The van der Waals surface area contributed by atoms with E-state index in [0.29, 0.717) is 12.5 Å². The Labute approximate surface area is 206 Å². The van der Waals surface area contributed by atoms with Crippen molar-refractivity contribution < 1.29 is 4.74 Å². The van der Waals surface area contributed by atoms with Crippen LogP contribution in [0.15, 0.2) is 53.7 Å². The first-order valence-corrected chi connectivity index (χ1v) is 10.7. The van der Waals surface area contributed by atoms with Crippen molar-refractivity contribution in [2.75, 3.05) is 27.2 Å². The number of benzene rings is 1. The molecular formula is C24H31IN6O. The third kappa shape index (κ3) is 5.40. The normalized spacial score (nSPS) is 16.1. The first kappa shape index (κ1) is 24.0. The van der Waals surface area contributed by atoms with E-state index in [1.807, 2.05) is 50.0 Å². The highest BCUT2D eigenvalue weighted by Gasteiger charge is 2.26. The molecular weight excluding hydrogens is 515 g/mol. The topological polar surface area (TPSA) is 67.6 Å². The van der Waals surface area contributed by atoms with Gasteiger partial charge in [0.15, 0.2) is 11.8 Å². The van der Waals surface area contributed by atoms with Crippen LogP contribution in [0.2, 0.25) is 0 Å². The van der Waals surface area contributed by atoms with Crippen LogP contribution in [0, 0.1) is 13.8 Å². The highest BCUT2D eigenvalue weighted by atomic mass is 127. The van der Waals surface area contributed by atoms with Crippen LogP contribution in [0.5, 0.6) is 5.75 Å². The number of aryl methyl sites for hydroxylation is 2. The van der Waals surface area contributed by atoms with Gasteiger partial charge in [0.1, 0.15) is 5.75 Å². The van der Waals surface area contributed by atoms with Crippen LogP contribution >= 0.6 is 24.0 Å². The molecule has 3 heterocycles. The second-order valence-electron chi connectivity index (χ2n) is 7.97. The van der Waals surface area contributed by atoms with E-state index < -0.39 is 0 Å². The maximum atomic E-state index is 5.27. The van der Waals surface area contributed by atoms with E-state index in [1.54, 1.807) is 7.11 Å². The lowest BCUT2D eigenvalue weighted by molar-refractivity contribution is 0.414. The Hall–Kier alpha value is -2.62. The molecule has 0 amide bonds. The molecule has 1 N–H and O–H groups in total. The summed E-state index contributed by atoms with van der Waals surface area (Å²) in [6, 6.07) is 14.5. The van der Waals surface area contributed by atoms with Crippen LogP contribution in [-0.2, 0) is 6.54 Å². The highest BCUT2D eigenvalue weighted by molar-refractivity contribution is 14.0. The number of hydrogen-bond donors (Lipinski definition) is 1. The lowest BCUT2D eigenvalue weighted by atomic mass is 9.98. The summed E-state index contributed by atoms with van der Waals surface area (Å²) < 4.78 is 7.14. The van der Waals surface area contributed by atoms with Crippen LogP contribution in [0.4, 0.5) is 0 Å². The minimum absolute atomic E-state index is 0. The van der Waals surface area contributed by atoms with Crippen molar-refractivity contribution >= 4 is 29.9 Å². The smallest absolute Gasteiger partial charge is 0.193 e. The third-order valence-electron chi connectivity index (χ3n) is 5.77. The maximum absolute atomic E-state index is 5.27. The quantitative estimate of drug-likeness (QED) is 0.297. The van der Waals surface area contributed by atoms with Gasteiger partial charge in [0.2, 0.25) is 0 Å². The molecule has 0 radical (unpaired) electrons. The summed E-state index contributed by atoms with van der Waals surface area (Å²) in [6.07, 6.45) is 3.02. The van der Waals surface area contributed by atoms with Crippen LogP contribution in [0.25, 0.3) is 5.82 Å². The van der Waals surface area contributed by atoms with E-state index in [1.165, 1.54) is 5.56 Å². The van der Waals surface area contributed by atoms with Crippen molar-refractivity contribution in [1.82, 2.24) is 25.0 Å². The Morgan fingerprint density at radius 3 is 2.56 bits per heavy atom. The molecule has 2 aromatic heterocycles. The molecule has 1 aliphatic heterocycles. The number of nitrogens with one attached hydrogen (secondary N) is 1. The van der Waals surface area contributed by atoms with Crippen molar-refractivity contribution in [3.05, 3.63) is 71.2 Å². The number of halogens is 1. The number of methoxy groups -OCH3 is 1. The minimum atomic E-state index is 0. The second-order valence-corrected chi connectivity index (χ2v) is 7.97. The number of hydrogen-bond acceptors (Lipinski definition) is 4. The molecule has 1 saturated heterocycles. The number of pyridine rings is 1. The van der Waals surface area contributed by atoms with Gasteiger partial charge in [0, 0.05) is 44.5 Å². The molecule has 32 heavy (non-hydrogen) atoms. The standard InChI is InChI=1S/C24H30N6O.HI/c1-17-13-18(2)30(28-17)23-10-5-19(14-26-23)15-27-24(25-3)29-12-11-21(16-29)20-6-8-22(31-4)9-7-20;/h5-10,13-14,21H,11-12,15-16H2,1-4H3,(H,25,27);1H. The molecule has 0 aliphatic carbocycles. The van der Waals surface area contributed by atoms with Crippen LogP contribution in [0.3, 0.4) is 0 Å². The summed E-state index contributed by atoms with van der Waals surface area (Å²) >= 11 is 0. The lowest BCUT2D eigenvalue weighted by Crippen LogP contribution is -2.39. The molecule has 1 unspecified atom stereocenters. The van der Waals surface area contributed by atoms with Crippen molar-refractivity contribution in [3.63, 3.8) is 0 Å². The molecule has 1 aromatic carbocycles. The Kier molecular flexibility index (Phi) is 8.11. The van der Waals surface area contributed by atoms with E-state index in [9.17, 15) is 0 Å². The maximum Gasteiger partial charge on any atom is 0.193 e. The molecule has 1 aliphatic rings. The van der Waals surface area contributed by atoms with Gasteiger partial charge in [-0.1, -0.05) is 18.2 Å². The third-order valence-corrected chi connectivity index (χ3v) is 5.77. The number of likely N-dealkylation sites (tertiary alicyclic amines) is 1. The number of aromatic nitrogens is 3. The summed E-state index contributed by atoms with van der Waals surface area (Å²) in [5, 5.41) is 7.98. The number of ether oxygens (including phenoxy) is 1. The van der Waals surface area contributed by atoms with Gasteiger partial charge in [-0.3, -0.25) is 4.99 Å². The largest absolute Gasteiger partial charge is 0.497 e. The van der Waals surface area contributed by atoms with Gasteiger partial charge in [0.05, 0.1) is 12.8 Å². The van der Waals surface area contributed by atoms with Crippen molar-refractivity contribution in [3.8, 4) is 11.6 Å². The molecule has 170 valence electrons. The average molecular weight is 546 g/mol. The number of aliphatic imine (C=N–C) groups is 1. The summed E-state index contributed by atoms with van der Waals surface area (Å²) in [6.45, 7) is 6.66. The molecule has 0 spiro atoms. The molecule has 0 saturated carbocycles. The SMILES string of the molecule is CN=C(NCc1ccc(-n2nc(C)cc2C)nc1)N1CCC(c2ccc(OC)cc2)C1.I. The van der Waals surface area contributed by atoms with E-state index in [0.717, 1.165) is 54.0 Å². The minimum Gasteiger partial charge on any atom is -0.497 e. The first-order chi connectivity index (χ1) is 15.1. The molecule has 1 atom stereocenters. The van der Waals surface area contributed by atoms with Crippen molar-refractivity contribution in [2.24, 2.45) is 4.99 Å². The Bertz CT molecular complexity index is 1050. The summed E-state index contributed by atoms with van der Waals surface area (Å²) in [7, 11) is 3.54. The predicted octanol–water partition coefficient (Wildman–Crippen LogP) is 4.08. The van der Waals surface area contributed by atoms with Gasteiger partial charge in [-0.15, -0.1) is 24.0 Å². The van der Waals surface area contributed by atoms with E-state index in [-0.39, 0.29) is 24.0 Å². The summed E-state index contributed by atoms with van der Waals surface area (Å²) in [4.78, 5) is 11.4. The zero-order valence-electron chi connectivity index (χ0n) is 19.1. The zero-order chi connectivity index (χ0) is 21.8. The van der Waals surface area contributed by atoms with Crippen molar-refractivity contribution in [1.29, 1.82) is 0 Å². The zero-order valence-corrected chi connectivity index (χ0v) is 21.4. The molecule has 8 heteroatoms. The van der Waals surface area contributed by atoms with Gasteiger partial charge >= 0.3 is 0 Å². The van der Waals surface area contributed by atoms with E-state index in [2.05, 4.69) is 49.6 Å². The molecule has 3 aromatic rings. The fourth-order valence-electron chi connectivity index (χ4n) is 4.12. The van der Waals surface area contributed by atoms with Gasteiger partial charge in [-0.25, -0.2) is 9.67 Å². The molecule has 7 nitrogen and oxygen atoms in total. The first-order valence-electron chi connectivity index (χ1n) is 10.7. The molecule has 1 fully saturated rings. The van der Waals surface area contributed by atoms with Crippen LogP contribution in [0.1, 0.15) is 34.9 Å². The predicted molar refractivity (Wildman–Crippen MR) is 138 cm³/mol. The number of guanidine groups is 1. The fourth-order valence-corrected chi connectivity index (χ4v) is 4.12. The average Bonchev–Trinajstić information content (AvgIpc) is 3.41. The summed E-state index contributed by atoms with van der Waals surface area (Å²) in [5.74, 6) is 3.17. The van der Waals surface area contributed by atoms with Crippen LogP contribution in [-0.4, -0.2) is 52.9 Å². The summed E-state index contributed by atoms with van der Waals surface area (Å²) in [5.41, 5.74) is 4.53. The second kappa shape index (κ2) is 10.8. The highest BCUT2D eigenvalue weighted by Crippen LogP contribution is 2.28. The Morgan fingerprint density at radius 1 is 1.19 bits per heavy atom. The van der Waals surface area contributed by atoms with E-state index in [4.69, 9.17) is 4.74 Å². The Balaban J connectivity index is 0.00000289. The molecule has 0 bridgehead atoms.